The second kappa shape index (κ2) is 3.86. The van der Waals surface area contributed by atoms with Gasteiger partial charge in [-0.05, 0) is 60.8 Å². The molecule has 0 saturated carbocycles. The molecule has 2 unspecified atom stereocenters. The van der Waals surface area contributed by atoms with Crippen molar-refractivity contribution in [3.05, 3.63) is 34.4 Å². The van der Waals surface area contributed by atoms with Crippen LogP contribution in [0.15, 0.2) is 12.1 Å². The Kier molecular flexibility index (Phi) is 2.49. The normalized spacial score (nSPS) is 28.4. The van der Waals surface area contributed by atoms with Crippen molar-refractivity contribution >= 4 is 0 Å². The van der Waals surface area contributed by atoms with E-state index in [4.69, 9.17) is 0 Å². The molecule has 1 aromatic carbocycles. The Morgan fingerprint density at radius 1 is 0.812 bits per heavy atom. The van der Waals surface area contributed by atoms with Crippen molar-refractivity contribution in [3.8, 4) is 0 Å². The molecule has 0 amide bonds. The molecule has 0 heterocycles. The van der Waals surface area contributed by atoms with Crippen molar-refractivity contribution in [1.82, 2.24) is 0 Å². The van der Waals surface area contributed by atoms with E-state index in [1.54, 1.807) is 0 Å². The fraction of sp³-hybridized carbons (Fsp3) is 0.571. The van der Waals surface area contributed by atoms with Crippen molar-refractivity contribution in [1.29, 1.82) is 0 Å². The van der Waals surface area contributed by atoms with Gasteiger partial charge < -0.3 is 10.2 Å². The molecule has 2 aliphatic rings. The Morgan fingerprint density at radius 3 is 1.69 bits per heavy atom. The topological polar surface area (TPSA) is 40.5 Å². The van der Waals surface area contributed by atoms with Crippen molar-refractivity contribution in [2.45, 2.75) is 50.7 Å². The van der Waals surface area contributed by atoms with Gasteiger partial charge >= 0.3 is 0 Å². The molecule has 16 heavy (non-hydrogen) atoms. The van der Waals surface area contributed by atoms with Crippen LogP contribution in [0, 0.1) is 0 Å². The van der Waals surface area contributed by atoms with Crippen LogP contribution in [-0.2, 0) is 25.7 Å². The summed E-state index contributed by atoms with van der Waals surface area (Å²) in [6.45, 7) is 0. The lowest BCUT2D eigenvalue weighted by atomic mass is 9.79. The number of aliphatic hydroxyl groups excluding tert-OH is 2. The fourth-order valence-electron chi connectivity index (χ4n) is 3.13. The van der Waals surface area contributed by atoms with Crippen LogP contribution in [0.2, 0.25) is 0 Å². The first-order valence-corrected chi connectivity index (χ1v) is 6.22. The summed E-state index contributed by atoms with van der Waals surface area (Å²) in [6, 6.07) is 4.29. The first-order chi connectivity index (χ1) is 7.74. The minimum atomic E-state index is -0.153. The second-order valence-electron chi connectivity index (χ2n) is 5.13. The van der Waals surface area contributed by atoms with Gasteiger partial charge in [0.2, 0.25) is 0 Å². The van der Waals surface area contributed by atoms with Crippen LogP contribution in [-0.4, -0.2) is 22.4 Å². The van der Waals surface area contributed by atoms with E-state index >= 15 is 0 Å². The molecule has 2 aliphatic carbocycles. The highest BCUT2D eigenvalue weighted by Gasteiger charge is 2.24. The van der Waals surface area contributed by atoms with Crippen LogP contribution in [0.5, 0.6) is 0 Å². The molecule has 0 aromatic heterocycles. The van der Waals surface area contributed by atoms with Gasteiger partial charge in [-0.1, -0.05) is 12.1 Å². The molecule has 0 fully saturated rings. The maximum Gasteiger partial charge on any atom is 0.0583 e. The van der Waals surface area contributed by atoms with E-state index in [1.165, 1.54) is 22.3 Å². The van der Waals surface area contributed by atoms with Crippen LogP contribution in [0.4, 0.5) is 0 Å². The van der Waals surface area contributed by atoms with Gasteiger partial charge in [0.25, 0.3) is 0 Å². The molecule has 0 saturated heterocycles. The number of hydrogen-bond acceptors (Lipinski definition) is 2. The van der Waals surface area contributed by atoms with E-state index in [1.807, 2.05) is 0 Å². The van der Waals surface area contributed by atoms with Crippen molar-refractivity contribution in [2.24, 2.45) is 0 Å². The smallest absolute Gasteiger partial charge is 0.0583 e. The minimum absolute atomic E-state index is 0.153. The predicted molar refractivity (Wildman–Crippen MR) is 62.5 cm³/mol. The Bertz CT molecular complexity index is 372. The van der Waals surface area contributed by atoms with E-state index < -0.39 is 0 Å². The molecule has 3 rings (SSSR count). The van der Waals surface area contributed by atoms with Gasteiger partial charge in [-0.25, -0.2) is 0 Å². The number of benzene rings is 1. The summed E-state index contributed by atoms with van der Waals surface area (Å²) in [5, 5.41) is 19.3. The first-order valence-electron chi connectivity index (χ1n) is 6.22. The average molecular weight is 218 g/mol. The number of rotatable bonds is 0. The zero-order chi connectivity index (χ0) is 11.1. The lowest BCUT2D eigenvalue weighted by Gasteiger charge is -2.28. The SMILES string of the molecule is OC1CCc2c(ccc3c2CCC(O)C3)C1. The highest BCUT2D eigenvalue weighted by molar-refractivity contribution is 5.44. The maximum atomic E-state index is 9.66. The summed E-state index contributed by atoms with van der Waals surface area (Å²) in [5.41, 5.74) is 5.59. The summed E-state index contributed by atoms with van der Waals surface area (Å²) in [7, 11) is 0. The Morgan fingerprint density at radius 2 is 1.25 bits per heavy atom. The largest absolute Gasteiger partial charge is 0.393 e. The average Bonchev–Trinajstić information content (AvgIpc) is 2.28. The molecule has 2 atom stereocenters. The zero-order valence-corrected chi connectivity index (χ0v) is 9.45. The van der Waals surface area contributed by atoms with Gasteiger partial charge in [-0.3, -0.25) is 0 Å². The maximum absolute atomic E-state index is 9.66. The summed E-state index contributed by atoms with van der Waals surface area (Å²) in [5.74, 6) is 0. The molecule has 86 valence electrons. The van der Waals surface area contributed by atoms with E-state index in [0.29, 0.717) is 0 Å². The fourth-order valence-corrected chi connectivity index (χ4v) is 3.13. The lowest BCUT2D eigenvalue weighted by molar-refractivity contribution is 0.153. The molecule has 0 bridgehead atoms. The summed E-state index contributed by atoms with van der Waals surface area (Å²) in [4.78, 5) is 0. The molecule has 2 N–H and O–H groups in total. The third-order valence-electron chi connectivity index (χ3n) is 3.99. The van der Waals surface area contributed by atoms with E-state index in [-0.39, 0.29) is 12.2 Å². The zero-order valence-electron chi connectivity index (χ0n) is 9.45. The van der Waals surface area contributed by atoms with Gasteiger partial charge in [0.1, 0.15) is 0 Å². The quantitative estimate of drug-likeness (QED) is 0.691. The van der Waals surface area contributed by atoms with Gasteiger partial charge in [-0.15, -0.1) is 0 Å². The highest BCUT2D eigenvalue weighted by atomic mass is 16.3. The monoisotopic (exact) mass is 218 g/mol. The van der Waals surface area contributed by atoms with Crippen LogP contribution < -0.4 is 0 Å². The molecule has 2 nitrogen and oxygen atoms in total. The standard InChI is InChI=1S/C14H18O2/c15-11-3-5-13-9(7-11)1-2-10-8-12(16)4-6-14(10)13/h1-2,11-12,15-16H,3-8H2. The molecule has 0 spiro atoms. The lowest BCUT2D eigenvalue weighted by Crippen LogP contribution is -2.24. The van der Waals surface area contributed by atoms with Crippen molar-refractivity contribution in [2.75, 3.05) is 0 Å². The highest BCUT2D eigenvalue weighted by Crippen LogP contribution is 2.31. The van der Waals surface area contributed by atoms with Crippen LogP contribution in [0.1, 0.15) is 35.1 Å². The van der Waals surface area contributed by atoms with E-state index in [9.17, 15) is 10.2 Å². The molecular weight excluding hydrogens is 200 g/mol. The molecule has 2 heteroatoms. The number of fused-ring (bicyclic) bond motifs is 3. The molecule has 1 aromatic rings. The van der Waals surface area contributed by atoms with Crippen LogP contribution in [0.25, 0.3) is 0 Å². The van der Waals surface area contributed by atoms with Crippen molar-refractivity contribution < 1.29 is 10.2 Å². The second-order valence-corrected chi connectivity index (χ2v) is 5.13. The number of aliphatic hydroxyl groups is 2. The Balaban J connectivity index is 2.03. The summed E-state index contributed by atoms with van der Waals surface area (Å²) >= 11 is 0. The predicted octanol–water partition coefficient (Wildman–Crippen LogP) is 1.39. The van der Waals surface area contributed by atoms with Gasteiger partial charge in [0, 0.05) is 0 Å². The summed E-state index contributed by atoms with van der Waals surface area (Å²) in [6.07, 6.45) is 5.12. The number of hydrogen-bond donors (Lipinski definition) is 2. The van der Waals surface area contributed by atoms with Crippen LogP contribution in [0.3, 0.4) is 0 Å². The third-order valence-corrected chi connectivity index (χ3v) is 3.99. The van der Waals surface area contributed by atoms with Crippen molar-refractivity contribution in [3.63, 3.8) is 0 Å². The van der Waals surface area contributed by atoms with Gasteiger partial charge in [-0.2, -0.15) is 0 Å². The first kappa shape index (κ1) is 10.3. The van der Waals surface area contributed by atoms with Gasteiger partial charge in [0.15, 0.2) is 0 Å². The Hall–Kier alpha value is -0.860. The summed E-state index contributed by atoms with van der Waals surface area (Å²) < 4.78 is 0. The Labute approximate surface area is 95.9 Å². The third kappa shape index (κ3) is 1.66. The minimum Gasteiger partial charge on any atom is -0.393 e. The van der Waals surface area contributed by atoms with E-state index in [0.717, 1.165) is 38.5 Å². The van der Waals surface area contributed by atoms with E-state index in [2.05, 4.69) is 12.1 Å². The van der Waals surface area contributed by atoms with Gasteiger partial charge in [0.05, 0.1) is 12.2 Å². The molecule has 0 radical (unpaired) electrons. The molecule has 0 aliphatic heterocycles. The van der Waals surface area contributed by atoms with Crippen LogP contribution >= 0.6 is 0 Å². The molecular formula is C14H18O2.